The smallest absolute Gasteiger partial charge is 0.0785 e. The van der Waals surface area contributed by atoms with Gasteiger partial charge in [-0.05, 0) is 114 Å². The molecule has 0 fully saturated rings. The molecule has 474 valence electrons. The van der Waals surface area contributed by atoms with Crippen molar-refractivity contribution in [2.45, 2.75) is 203 Å². The minimum Gasteiger partial charge on any atom is -0.382 e. The van der Waals surface area contributed by atoms with Crippen LogP contribution in [0.1, 0.15) is 143 Å². The maximum Gasteiger partial charge on any atom is 0.0785 e. The van der Waals surface area contributed by atoms with Crippen molar-refractivity contribution in [3.63, 3.8) is 0 Å². The second kappa shape index (κ2) is 47.5. The molecule has 10 atom stereocenters. The molecule has 0 saturated heterocycles. The fraction of sp³-hybridized carbons (Fsp3) is 0.652. The van der Waals surface area contributed by atoms with Gasteiger partial charge in [-0.3, -0.25) is 0 Å². The van der Waals surface area contributed by atoms with Crippen LogP contribution < -0.4 is 0 Å². The topological polar surface area (TPSA) is 129 Å². The highest BCUT2D eigenvalue weighted by molar-refractivity contribution is 5.27. The second-order valence-corrected chi connectivity index (χ2v) is 23.0. The molecule has 14 nitrogen and oxygen atoms in total. The maximum absolute atomic E-state index is 5.83. The van der Waals surface area contributed by atoms with Crippen LogP contribution in [-0.2, 0) is 98.2 Å². The van der Waals surface area contributed by atoms with Crippen LogP contribution in [0, 0.1) is 0 Å². The Morgan fingerprint density at radius 1 is 0.301 bits per heavy atom. The lowest BCUT2D eigenvalue weighted by Gasteiger charge is -2.20. The van der Waals surface area contributed by atoms with Crippen LogP contribution in [0.15, 0.2) is 109 Å². The molecule has 4 aromatic carbocycles. The van der Waals surface area contributed by atoms with Gasteiger partial charge in [0, 0.05) is 28.4 Å². The number of hydrogen-bond acceptors (Lipinski definition) is 14. The van der Waals surface area contributed by atoms with Gasteiger partial charge in [0.05, 0.1) is 154 Å². The first-order chi connectivity index (χ1) is 39.6. The molecule has 0 aliphatic heterocycles. The number of methoxy groups -OCH3 is 4. The standard InChI is InChI=1S/C18H30O3.2C17H28O4.C17H28O3/c1-14(11-19-6)20-12-15(2)21-13-16-7-9-17(10-8-16)18(3,4)5;1-14(20-13-17-8-6-5-7-9-17)11-19-12-16(3)21-15(2)10-18-4;1-14(10-18-4)19-11-15(2)20-12-16(3)21-13-17-8-6-5-7-9-17;1-13(2)17-8-6-7-16(9-17)12-20-15(4)11-19-14(3)10-18-5/h7-10,14-15H,11-13H2,1-6H3;2*5-9,14-16H,10-13H2,1-4H3;6-9,13-15H,10-12H2,1-5H3. The van der Waals surface area contributed by atoms with Crippen LogP contribution in [0.5, 0.6) is 0 Å². The van der Waals surface area contributed by atoms with E-state index in [-0.39, 0.29) is 66.5 Å². The predicted octanol–water partition coefficient (Wildman–Crippen LogP) is 13.8. The van der Waals surface area contributed by atoms with Crippen molar-refractivity contribution in [1.29, 1.82) is 0 Å². The number of rotatable bonds is 39. The molecule has 0 aromatic heterocycles. The lowest BCUT2D eigenvalue weighted by molar-refractivity contribution is -0.0811. The highest BCUT2D eigenvalue weighted by Gasteiger charge is 2.15. The van der Waals surface area contributed by atoms with Gasteiger partial charge in [-0.1, -0.05) is 144 Å². The summed E-state index contributed by atoms with van der Waals surface area (Å²) in [5.74, 6) is 0.547. The quantitative estimate of drug-likeness (QED) is 0.0420. The molecule has 0 bridgehead atoms. The predicted molar refractivity (Wildman–Crippen MR) is 336 cm³/mol. The number of benzene rings is 4. The van der Waals surface area contributed by atoms with Gasteiger partial charge in [-0.2, -0.15) is 0 Å². The molecule has 4 rings (SSSR count). The van der Waals surface area contributed by atoms with E-state index < -0.39 is 0 Å². The lowest BCUT2D eigenvalue weighted by Crippen LogP contribution is -2.26. The molecule has 4 aromatic rings. The molecule has 0 heterocycles. The first-order valence-corrected chi connectivity index (χ1v) is 30.0. The monoisotopic (exact) mass is 1170 g/mol. The normalized spacial score (nSPS) is 15.2. The molecule has 0 aliphatic carbocycles. The largest absolute Gasteiger partial charge is 0.382 e. The Hall–Kier alpha value is -3.68. The molecule has 83 heavy (non-hydrogen) atoms. The summed E-state index contributed by atoms with van der Waals surface area (Å²) in [6.45, 7) is 39.5. The summed E-state index contributed by atoms with van der Waals surface area (Å²) in [5, 5.41) is 0. The first-order valence-electron chi connectivity index (χ1n) is 30.0. The molecule has 14 heteroatoms. The Labute approximate surface area is 504 Å². The van der Waals surface area contributed by atoms with Crippen molar-refractivity contribution in [2.24, 2.45) is 0 Å². The number of ether oxygens (including phenoxy) is 14. The molecule has 0 saturated carbocycles. The van der Waals surface area contributed by atoms with Crippen LogP contribution in [-0.4, -0.2) is 156 Å². The van der Waals surface area contributed by atoms with Crippen molar-refractivity contribution in [1.82, 2.24) is 0 Å². The van der Waals surface area contributed by atoms with Crippen molar-refractivity contribution < 1.29 is 66.3 Å². The van der Waals surface area contributed by atoms with Crippen molar-refractivity contribution >= 4 is 0 Å². The van der Waals surface area contributed by atoms with E-state index in [4.69, 9.17) is 66.3 Å². The zero-order valence-electron chi connectivity index (χ0n) is 54.9. The zero-order valence-corrected chi connectivity index (χ0v) is 54.9. The molecule has 0 spiro atoms. The molecule has 0 N–H and O–H groups in total. The summed E-state index contributed by atoms with van der Waals surface area (Å²) in [4.78, 5) is 0. The summed E-state index contributed by atoms with van der Waals surface area (Å²) in [6.07, 6.45) is 0.764. The van der Waals surface area contributed by atoms with Gasteiger partial charge in [0.25, 0.3) is 0 Å². The van der Waals surface area contributed by atoms with E-state index in [9.17, 15) is 0 Å². The van der Waals surface area contributed by atoms with E-state index >= 15 is 0 Å². The summed E-state index contributed by atoms with van der Waals surface area (Å²) < 4.78 is 77.3. The Kier molecular flexibility index (Phi) is 44.2. The van der Waals surface area contributed by atoms with E-state index in [1.807, 2.05) is 106 Å². The van der Waals surface area contributed by atoms with Gasteiger partial charge in [0.2, 0.25) is 0 Å². The van der Waals surface area contributed by atoms with Gasteiger partial charge in [0.15, 0.2) is 0 Å². The Morgan fingerprint density at radius 2 is 0.602 bits per heavy atom. The fourth-order valence-corrected chi connectivity index (χ4v) is 7.64. The molecular weight excluding hydrogens is 1050 g/mol. The molecule has 0 amide bonds. The van der Waals surface area contributed by atoms with Gasteiger partial charge < -0.3 is 66.3 Å². The third-order valence-electron chi connectivity index (χ3n) is 12.5. The molecule has 0 radical (unpaired) electrons. The van der Waals surface area contributed by atoms with Crippen LogP contribution in [0.4, 0.5) is 0 Å². The maximum atomic E-state index is 5.83. The van der Waals surface area contributed by atoms with Gasteiger partial charge in [-0.25, -0.2) is 0 Å². The third-order valence-corrected chi connectivity index (χ3v) is 12.5. The summed E-state index contributed by atoms with van der Waals surface area (Å²) in [7, 11) is 6.71. The van der Waals surface area contributed by atoms with Gasteiger partial charge >= 0.3 is 0 Å². The molecule has 0 aliphatic rings. The van der Waals surface area contributed by atoms with Crippen LogP contribution >= 0.6 is 0 Å². The first kappa shape index (κ1) is 77.3. The minimum atomic E-state index is 0.0482. The van der Waals surface area contributed by atoms with Crippen LogP contribution in [0.25, 0.3) is 0 Å². The highest BCUT2D eigenvalue weighted by atomic mass is 16.6. The summed E-state index contributed by atoms with van der Waals surface area (Å²) >= 11 is 0. The summed E-state index contributed by atoms with van der Waals surface area (Å²) in [6, 6.07) is 37.5. The van der Waals surface area contributed by atoms with Crippen molar-refractivity contribution in [3.8, 4) is 0 Å². The number of hydrogen-bond donors (Lipinski definition) is 0. The van der Waals surface area contributed by atoms with E-state index in [2.05, 4.69) is 107 Å². The van der Waals surface area contributed by atoms with E-state index in [1.54, 1.807) is 28.4 Å². The average Bonchev–Trinajstić information content (AvgIpc) is 3.46. The Bertz CT molecular complexity index is 2070. The third kappa shape index (κ3) is 41.9. The SMILES string of the molecule is COCC(C)OC(C)COCC(C)OCc1ccccc1.COCC(C)OCC(C)OCC(C)OCc1ccccc1.COCC(C)OCC(C)OCc1ccc(C(C)(C)C)cc1.COCC(C)OCC(C)OCc1cccc(C(C)C)c1. The molecule has 10 unspecified atom stereocenters. The van der Waals surface area contributed by atoms with Crippen LogP contribution in [0.3, 0.4) is 0 Å². The van der Waals surface area contributed by atoms with Crippen molar-refractivity contribution in [3.05, 3.63) is 143 Å². The second-order valence-electron chi connectivity index (χ2n) is 23.0. The minimum absolute atomic E-state index is 0.0482. The fourth-order valence-electron chi connectivity index (χ4n) is 7.64. The zero-order chi connectivity index (χ0) is 61.8. The lowest BCUT2D eigenvalue weighted by atomic mass is 9.87. The van der Waals surface area contributed by atoms with E-state index in [1.165, 1.54) is 33.4 Å². The highest BCUT2D eigenvalue weighted by Crippen LogP contribution is 2.23. The average molecular weight is 1170 g/mol. The van der Waals surface area contributed by atoms with Gasteiger partial charge in [0.1, 0.15) is 0 Å². The Balaban J connectivity index is 0.000000553. The molecular formula is C69H114O14. The Morgan fingerprint density at radius 3 is 0.976 bits per heavy atom. The summed E-state index contributed by atoms with van der Waals surface area (Å²) in [5.41, 5.74) is 7.65. The van der Waals surface area contributed by atoms with Crippen LogP contribution in [0.2, 0.25) is 0 Å². The van der Waals surface area contributed by atoms with Crippen molar-refractivity contribution in [2.75, 3.05) is 94.5 Å². The van der Waals surface area contributed by atoms with E-state index in [0.29, 0.717) is 98.4 Å². The van der Waals surface area contributed by atoms with Gasteiger partial charge in [-0.15, -0.1) is 0 Å². The van der Waals surface area contributed by atoms with E-state index in [0.717, 1.165) is 0 Å².